The van der Waals surface area contributed by atoms with Crippen molar-refractivity contribution < 1.29 is 18.8 Å². The zero-order valence-electron chi connectivity index (χ0n) is 18.1. The summed E-state index contributed by atoms with van der Waals surface area (Å²) in [5, 5.41) is 4.06. The van der Waals surface area contributed by atoms with Crippen molar-refractivity contribution in [2.45, 2.75) is 19.1 Å². The fourth-order valence-corrected chi connectivity index (χ4v) is 3.62. The second kappa shape index (κ2) is 9.16. The molecule has 0 N–H and O–H groups in total. The third kappa shape index (κ3) is 4.72. The molecule has 0 radical (unpaired) electrons. The van der Waals surface area contributed by atoms with E-state index < -0.39 is 6.10 Å². The smallest absolute Gasteiger partial charge is 0.263 e. The van der Waals surface area contributed by atoms with Crippen LogP contribution in [0, 0.1) is 0 Å². The Bertz CT molecular complexity index is 1200. The van der Waals surface area contributed by atoms with E-state index in [2.05, 4.69) is 10.1 Å². The molecule has 5 rings (SSSR count). The van der Waals surface area contributed by atoms with E-state index >= 15 is 0 Å². The molecule has 7 heteroatoms. The van der Waals surface area contributed by atoms with E-state index in [0.717, 1.165) is 16.9 Å². The van der Waals surface area contributed by atoms with Crippen molar-refractivity contribution in [2.75, 3.05) is 13.1 Å². The molecule has 1 aliphatic heterocycles. The number of benzene rings is 3. The van der Waals surface area contributed by atoms with Gasteiger partial charge in [-0.25, -0.2) is 0 Å². The number of likely N-dealkylation sites (tertiary alicyclic amines) is 1. The number of ether oxygens (including phenoxy) is 2. The number of amides is 1. The SMILES string of the molecule is CC(Oc1ccccc1)C(=O)N1CC(Oc2ccc(-c3nc(-c4ccccc4)no3)cc2)C1. The number of hydrogen-bond donors (Lipinski definition) is 0. The minimum Gasteiger partial charge on any atom is -0.487 e. The van der Waals surface area contributed by atoms with Crippen LogP contribution in [0.25, 0.3) is 22.8 Å². The van der Waals surface area contributed by atoms with E-state index in [0.29, 0.717) is 30.6 Å². The van der Waals surface area contributed by atoms with E-state index in [9.17, 15) is 4.79 Å². The van der Waals surface area contributed by atoms with Crippen molar-refractivity contribution in [2.24, 2.45) is 0 Å². The average Bonchev–Trinajstić information content (AvgIpc) is 3.33. The molecule has 166 valence electrons. The van der Waals surface area contributed by atoms with E-state index in [1.165, 1.54) is 0 Å². The third-order valence-electron chi connectivity index (χ3n) is 5.43. The van der Waals surface area contributed by atoms with Crippen molar-refractivity contribution >= 4 is 5.91 Å². The Balaban J connectivity index is 1.13. The maximum atomic E-state index is 12.6. The van der Waals surface area contributed by atoms with Gasteiger partial charge in [-0.15, -0.1) is 0 Å². The normalized spacial score (nSPS) is 14.4. The molecule has 2 heterocycles. The number of carbonyl (C=O) groups excluding carboxylic acids is 1. The summed E-state index contributed by atoms with van der Waals surface area (Å²) in [4.78, 5) is 18.8. The first-order valence-electron chi connectivity index (χ1n) is 10.8. The molecule has 1 aromatic heterocycles. The third-order valence-corrected chi connectivity index (χ3v) is 5.43. The van der Waals surface area contributed by atoms with E-state index in [-0.39, 0.29) is 12.0 Å². The monoisotopic (exact) mass is 441 g/mol. The quantitative estimate of drug-likeness (QED) is 0.421. The molecule has 1 aliphatic rings. The van der Waals surface area contributed by atoms with Crippen LogP contribution in [-0.2, 0) is 4.79 Å². The number of carbonyl (C=O) groups is 1. The van der Waals surface area contributed by atoms with E-state index in [1.807, 2.05) is 84.9 Å². The molecule has 0 aliphatic carbocycles. The predicted octanol–water partition coefficient (Wildman–Crippen LogP) is 4.46. The maximum Gasteiger partial charge on any atom is 0.263 e. The second-order valence-corrected chi connectivity index (χ2v) is 7.87. The van der Waals surface area contributed by atoms with Crippen LogP contribution in [0.3, 0.4) is 0 Å². The van der Waals surface area contributed by atoms with Crippen molar-refractivity contribution in [1.82, 2.24) is 15.0 Å². The summed E-state index contributed by atoms with van der Waals surface area (Å²) < 4.78 is 17.1. The van der Waals surface area contributed by atoms with Crippen molar-refractivity contribution in [1.29, 1.82) is 0 Å². The molecule has 0 bridgehead atoms. The largest absolute Gasteiger partial charge is 0.487 e. The fraction of sp³-hybridized carbons (Fsp3) is 0.192. The Labute approximate surface area is 191 Å². The summed E-state index contributed by atoms with van der Waals surface area (Å²) in [7, 11) is 0. The first kappa shape index (κ1) is 20.8. The zero-order chi connectivity index (χ0) is 22.6. The average molecular weight is 441 g/mol. The molecule has 1 fully saturated rings. The summed E-state index contributed by atoms with van der Waals surface area (Å²) in [6, 6.07) is 26.5. The summed E-state index contributed by atoms with van der Waals surface area (Å²) >= 11 is 0. The highest BCUT2D eigenvalue weighted by molar-refractivity contribution is 5.81. The Morgan fingerprint density at radius 1 is 0.909 bits per heavy atom. The van der Waals surface area contributed by atoms with Crippen molar-refractivity contribution in [3.05, 3.63) is 84.9 Å². The first-order valence-corrected chi connectivity index (χ1v) is 10.8. The zero-order valence-corrected chi connectivity index (χ0v) is 18.1. The first-order chi connectivity index (χ1) is 16.2. The molecule has 3 aromatic carbocycles. The lowest BCUT2D eigenvalue weighted by atomic mass is 10.1. The van der Waals surface area contributed by atoms with Crippen LogP contribution in [-0.4, -0.2) is 46.2 Å². The number of rotatable bonds is 7. The molecule has 0 spiro atoms. The molecule has 33 heavy (non-hydrogen) atoms. The van der Waals surface area contributed by atoms with Gasteiger partial charge < -0.3 is 18.9 Å². The number of hydrogen-bond acceptors (Lipinski definition) is 6. The molecule has 7 nitrogen and oxygen atoms in total. The van der Waals surface area contributed by atoms with Gasteiger partial charge in [0.1, 0.15) is 17.6 Å². The van der Waals surface area contributed by atoms with Gasteiger partial charge in [-0.2, -0.15) is 4.98 Å². The van der Waals surface area contributed by atoms with Crippen molar-refractivity contribution in [3.63, 3.8) is 0 Å². The molecule has 1 amide bonds. The lowest BCUT2D eigenvalue weighted by Gasteiger charge is -2.40. The fourth-order valence-electron chi connectivity index (χ4n) is 3.62. The van der Waals surface area contributed by atoms with E-state index in [4.69, 9.17) is 14.0 Å². The van der Waals surface area contributed by atoms with Crippen molar-refractivity contribution in [3.8, 4) is 34.3 Å². The Hall–Kier alpha value is -4.13. The maximum absolute atomic E-state index is 12.6. The minimum absolute atomic E-state index is 0.0420. The van der Waals surface area contributed by atoms with Gasteiger partial charge in [-0.05, 0) is 43.3 Å². The predicted molar refractivity (Wildman–Crippen MR) is 123 cm³/mol. The highest BCUT2D eigenvalue weighted by Gasteiger charge is 2.35. The molecule has 0 saturated carbocycles. The number of para-hydroxylation sites is 1. The van der Waals surface area contributed by atoms with Crippen LogP contribution in [0.4, 0.5) is 0 Å². The van der Waals surface area contributed by atoms with Gasteiger partial charge in [0.2, 0.25) is 5.82 Å². The van der Waals surface area contributed by atoms with Gasteiger partial charge >= 0.3 is 0 Å². The van der Waals surface area contributed by atoms with Gasteiger partial charge in [-0.1, -0.05) is 53.7 Å². The van der Waals surface area contributed by atoms with E-state index in [1.54, 1.807) is 11.8 Å². The molecular formula is C26H23N3O4. The molecular weight excluding hydrogens is 418 g/mol. The van der Waals surface area contributed by atoms with Gasteiger partial charge in [0, 0.05) is 11.1 Å². The molecule has 1 unspecified atom stereocenters. The molecule has 1 atom stereocenters. The number of nitrogens with zero attached hydrogens (tertiary/aromatic N) is 3. The highest BCUT2D eigenvalue weighted by atomic mass is 16.5. The Morgan fingerprint density at radius 3 is 2.27 bits per heavy atom. The molecule has 4 aromatic rings. The van der Waals surface area contributed by atoms with Crippen LogP contribution in [0.5, 0.6) is 11.5 Å². The minimum atomic E-state index is -0.539. The topological polar surface area (TPSA) is 77.7 Å². The summed E-state index contributed by atoms with van der Waals surface area (Å²) in [5.41, 5.74) is 1.72. The molecule has 1 saturated heterocycles. The lowest BCUT2D eigenvalue weighted by molar-refractivity contribution is -0.146. The van der Waals surface area contributed by atoms with Crippen LogP contribution in [0.15, 0.2) is 89.5 Å². The number of aromatic nitrogens is 2. The van der Waals surface area contributed by atoms with Crippen LogP contribution in [0.2, 0.25) is 0 Å². The summed E-state index contributed by atoms with van der Waals surface area (Å²) in [6.07, 6.45) is -0.584. The second-order valence-electron chi connectivity index (χ2n) is 7.87. The van der Waals surface area contributed by atoms with Gasteiger partial charge in [-0.3, -0.25) is 4.79 Å². The van der Waals surface area contributed by atoms with Gasteiger partial charge in [0.15, 0.2) is 6.10 Å². The Morgan fingerprint density at radius 2 is 1.58 bits per heavy atom. The van der Waals surface area contributed by atoms with Gasteiger partial charge in [0.25, 0.3) is 11.8 Å². The van der Waals surface area contributed by atoms with Crippen LogP contribution >= 0.6 is 0 Å². The highest BCUT2D eigenvalue weighted by Crippen LogP contribution is 2.26. The van der Waals surface area contributed by atoms with Crippen LogP contribution < -0.4 is 9.47 Å². The van der Waals surface area contributed by atoms with Crippen LogP contribution in [0.1, 0.15) is 6.92 Å². The standard InChI is InChI=1S/C26H23N3O4/c1-18(31-21-10-6-3-7-11-21)26(30)29-16-23(17-29)32-22-14-12-20(13-15-22)25-27-24(28-33-25)19-8-4-2-5-9-19/h2-15,18,23H,16-17H2,1H3. The lowest BCUT2D eigenvalue weighted by Crippen LogP contribution is -2.58. The summed E-state index contributed by atoms with van der Waals surface area (Å²) in [6.45, 7) is 2.84. The summed E-state index contributed by atoms with van der Waals surface area (Å²) in [5.74, 6) is 2.37. The van der Waals surface area contributed by atoms with Gasteiger partial charge in [0.05, 0.1) is 13.1 Å². The Kier molecular flexibility index (Phi) is 5.76.